The fraction of sp³-hybridized carbons (Fsp3) is 0.176. The van der Waals surface area contributed by atoms with Crippen LogP contribution in [0, 0.1) is 11.6 Å². The van der Waals surface area contributed by atoms with Gasteiger partial charge < -0.3 is 5.11 Å². The van der Waals surface area contributed by atoms with E-state index in [4.69, 9.17) is 0 Å². The van der Waals surface area contributed by atoms with Gasteiger partial charge in [-0.3, -0.25) is 9.67 Å². The maximum absolute atomic E-state index is 15.3. The van der Waals surface area contributed by atoms with Crippen molar-refractivity contribution in [3.63, 3.8) is 0 Å². The Hall–Kier alpha value is -2.26. The molecule has 3 rings (SSSR count). The Kier molecular flexibility index (Phi) is 4.85. The molecule has 1 unspecified atom stereocenters. The van der Waals surface area contributed by atoms with Crippen LogP contribution >= 0.6 is 15.9 Å². The Bertz CT molecular complexity index is 903. The lowest BCUT2D eigenvalue weighted by Crippen LogP contribution is -2.48. The zero-order chi connectivity index (χ0) is 18.9. The molecule has 1 aromatic carbocycles. The summed E-state index contributed by atoms with van der Waals surface area (Å²) >= 11 is 3.09. The molecule has 2 aromatic heterocycles. The standard InChI is InChI=1S/C17H12BrF4N3O/c18-11-2-5-15(23-9-11)17(21,22)16(26,10-25-7-1-6-24-25)13-4-3-12(19)8-14(13)20/h1-9,26H,10H2. The van der Waals surface area contributed by atoms with Gasteiger partial charge in [-0.05, 0) is 46.3 Å². The van der Waals surface area contributed by atoms with E-state index in [2.05, 4.69) is 26.0 Å². The number of pyridine rings is 1. The van der Waals surface area contributed by atoms with Gasteiger partial charge in [-0.2, -0.15) is 13.9 Å². The van der Waals surface area contributed by atoms with Crippen LogP contribution in [0.1, 0.15) is 11.3 Å². The Morgan fingerprint density at radius 3 is 2.50 bits per heavy atom. The van der Waals surface area contributed by atoms with E-state index >= 15 is 8.78 Å². The van der Waals surface area contributed by atoms with E-state index in [0.717, 1.165) is 29.1 Å². The van der Waals surface area contributed by atoms with Crippen LogP contribution in [0.3, 0.4) is 0 Å². The van der Waals surface area contributed by atoms with Crippen LogP contribution in [-0.2, 0) is 18.1 Å². The van der Waals surface area contributed by atoms with Crippen molar-refractivity contribution in [1.82, 2.24) is 14.8 Å². The quantitative estimate of drug-likeness (QED) is 0.623. The second-order valence-corrected chi connectivity index (χ2v) is 6.54. The van der Waals surface area contributed by atoms with E-state index < -0.39 is 41.0 Å². The summed E-state index contributed by atoms with van der Waals surface area (Å²) in [7, 11) is 0. The highest BCUT2D eigenvalue weighted by molar-refractivity contribution is 9.10. The zero-order valence-electron chi connectivity index (χ0n) is 13.1. The molecular weight excluding hydrogens is 418 g/mol. The lowest BCUT2D eigenvalue weighted by Gasteiger charge is -2.36. The van der Waals surface area contributed by atoms with E-state index in [-0.39, 0.29) is 0 Å². The number of halogens is 5. The molecule has 0 saturated carbocycles. The molecule has 1 N–H and O–H groups in total. The Balaban J connectivity index is 2.17. The van der Waals surface area contributed by atoms with Crippen LogP contribution in [0.25, 0.3) is 0 Å². The first kappa shape index (κ1) is 18.5. The summed E-state index contributed by atoms with van der Waals surface area (Å²) in [6, 6.07) is 5.84. The van der Waals surface area contributed by atoms with Gasteiger partial charge in [0.05, 0.1) is 6.54 Å². The minimum Gasteiger partial charge on any atom is -0.377 e. The molecule has 1 atom stereocenters. The number of aliphatic hydroxyl groups is 1. The SMILES string of the molecule is OC(Cn1cccn1)(c1ccc(F)cc1F)C(F)(F)c1ccc(Br)cn1. The maximum Gasteiger partial charge on any atom is 0.323 e. The van der Waals surface area contributed by atoms with E-state index in [9.17, 15) is 13.9 Å². The molecule has 0 saturated heterocycles. The van der Waals surface area contributed by atoms with Crippen molar-refractivity contribution in [2.45, 2.75) is 18.1 Å². The van der Waals surface area contributed by atoms with Gasteiger partial charge in [-0.15, -0.1) is 0 Å². The van der Waals surface area contributed by atoms with Crippen molar-refractivity contribution >= 4 is 15.9 Å². The molecular formula is C17H12BrF4N3O. The van der Waals surface area contributed by atoms with Crippen molar-refractivity contribution < 1.29 is 22.7 Å². The average Bonchev–Trinajstić information content (AvgIpc) is 3.07. The highest BCUT2D eigenvalue weighted by atomic mass is 79.9. The van der Waals surface area contributed by atoms with Crippen molar-refractivity contribution in [2.75, 3.05) is 0 Å². The normalized spacial score (nSPS) is 14.2. The summed E-state index contributed by atoms with van der Waals surface area (Å²) in [6.07, 6.45) is 3.81. The van der Waals surface area contributed by atoms with Crippen LogP contribution in [0.5, 0.6) is 0 Å². The summed E-state index contributed by atoms with van der Waals surface area (Å²) < 4.78 is 59.6. The monoisotopic (exact) mass is 429 g/mol. The van der Waals surface area contributed by atoms with E-state index in [1.165, 1.54) is 24.5 Å². The predicted octanol–water partition coefficient (Wildman–Crippen LogP) is 4.00. The van der Waals surface area contributed by atoms with E-state index in [0.29, 0.717) is 10.5 Å². The highest BCUT2D eigenvalue weighted by Gasteiger charge is 2.57. The first-order chi connectivity index (χ1) is 12.2. The molecule has 0 aliphatic rings. The third-order valence-corrected chi connectivity index (χ3v) is 4.36. The first-order valence-electron chi connectivity index (χ1n) is 7.39. The molecule has 2 heterocycles. The second-order valence-electron chi connectivity index (χ2n) is 5.62. The fourth-order valence-corrected chi connectivity index (χ4v) is 2.81. The van der Waals surface area contributed by atoms with Gasteiger partial charge in [0.15, 0.2) is 5.60 Å². The molecule has 9 heteroatoms. The lowest BCUT2D eigenvalue weighted by molar-refractivity contribution is -0.207. The second kappa shape index (κ2) is 6.81. The minimum absolute atomic E-state index is 0.439. The van der Waals surface area contributed by atoms with Gasteiger partial charge in [0.1, 0.15) is 17.3 Å². The molecule has 136 valence electrons. The molecule has 0 amide bonds. The van der Waals surface area contributed by atoms with Gasteiger partial charge in [0, 0.05) is 34.7 Å². The number of hydrogen-bond acceptors (Lipinski definition) is 3. The third kappa shape index (κ3) is 3.24. The third-order valence-electron chi connectivity index (χ3n) is 3.90. The molecule has 4 nitrogen and oxygen atoms in total. The molecule has 0 radical (unpaired) electrons. The highest BCUT2D eigenvalue weighted by Crippen LogP contribution is 2.46. The predicted molar refractivity (Wildman–Crippen MR) is 88.3 cm³/mol. The number of hydrogen-bond donors (Lipinski definition) is 1. The molecule has 0 spiro atoms. The van der Waals surface area contributed by atoms with Crippen molar-refractivity contribution in [3.8, 4) is 0 Å². The molecule has 3 aromatic rings. The van der Waals surface area contributed by atoms with Crippen LogP contribution in [0.4, 0.5) is 17.6 Å². The summed E-state index contributed by atoms with van der Waals surface area (Å²) in [4.78, 5) is 3.64. The number of rotatable bonds is 5. The van der Waals surface area contributed by atoms with Crippen LogP contribution < -0.4 is 0 Å². The topological polar surface area (TPSA) is 50.9 Å². The van der Waals surface area contributed by atoms with Gasteiger partial charge in [0.25, 0.3) is 0 Å². The van der Waals surface area contributed by atoms with Crippen LogP contribution in [0.15, 0.2) is 59.5 Å². The largest absolute Gasteiger partial charge is 0.377 e. The minimum atomic E-state index is -4.00. The fourth-order valence-electron chi connectivity index (χ4n) is 2.58. The Labute approximate surface area is 154 Å². The van der Waals surface area contributed by atoms with Crippen molar-refractivity contribution in [2.24, 2.45) is 0 Å². The number of nitrogens with zero attached hydrogens (tertiary/aromatic N) is 3. The summed E-state index contributed by atoms with van der Waals surface area (Å²) in [5, 5.41) is 14.7. The number of alkyl halides is 2. The van der Waals surface area contributed by atoms with E-state index in [1.807, 2.05) is 0 Å². The van der Waals surface area contributed by atoms with Gasteiger partial charge in [-0.1, -0.05) is 0 Å². The molecule has 0 bridgehead atoms. The van der Waals surface area contributed by atoms with Crippen molar-refractivity contribution in [3.05, 3.63) is 82.4 Å². The first-order valence-corrected chi connectivity index (χ1v) is 8.18. The van der Waals surface area contributed by atoms with Crippen molar-refractivity contribution in [1.29, 1.82) is 0 Å². The van der Waals surface area contributed by atoms with Crippen LogP contribution in [-0.4, -0.2) is 19.9 Å². The lowest BCUT2D eigenvalue weighted by atomic mass is 9.84. The van der Waals surface area contributed by atoms with E-state index in [1.54, 1.807) is 0 Å². The zero-order valence-corrected chi connectivity index (χ0v) is 14.7. The van der Waals surface area contributed by atoms with Gasteiger partial charge in [0.2, 0.25) is 0 Å². The maximum atomic E-state index is 15.3. The van der Waals surface area contributed by atoms with Crippen LogP contribution in [0.2, 0.25) is 0 Å². The number of aromatic nitrogens is 3. The average molecular weight is 430 g/mol. The smallest absolute Gasteiger partial charge is 0.323 e. The Morgan fingerprint density at radius 2 is 1.92 bits per heavy atom. The molecule has 0 fully saturated rings. The summed E-state index contributed by atoms with van der Waals surface area (Å²) in [6.45, 7) is -0.771. The Morgan fingerprint density at radius 1 is 1.15 bits per heavy atom. The number of benzene rings is 1. The molecule has 0 aliphatic heterocycles. The van der Waals surface area contributed by atoms with Gasteiger partial charge in [-0.25, -0.2) is 8.78 Å². The summed E-state index contributed by atoms with van der Waals surface area (Å²) in [5.41, 5.74) is -4.58. The van der Waals surface area contributed by atoms with Gasteiger partial charge >= 0.3 is 5.92 Å². The summed E-state index contributed by atoms with van der Waals surface area (Å²) in [5.74, 6) is -6.24. The molecule has 0 aliphatic carbocycles. The molecule has 26 heavy (non-hydrogen) atoms.